The zero-order chi connectivity index (χ0) is 35.9. The molecule has 3 aromatic carbocycles. The van der Waals surface area contributed by atoms with Gasteiger partial charge in [0.05, 0.1) is 19.3 Å². The van der Waals surface area contributed by atoms with Gasteiger partial charge in [-0.05, 0) is 34.3 Å². The van der Waals surface area contributed by atoms with E-state index < -0.39 is 49.9 Å². The summed E-state index contributed by atoms with van der Waals surface area (Å²) >= 11 is 5.92. The van der Waals surface area contributed by atoms with Crippen LogP contribution in [-0.4, -0.2) is 48.1 Å². The van der Waals surface area contributed by atoms with Gasteiger partial charge in [0.25, 0.3) is 13.9 Å². The Morgan fingerprint density at radius 2 is 1.54 bits per heavy atom. The summed E-state index contributed by atoms with van der Waals surface area (Å²) in [6.45, 7) is 12.2. The van der Waals surface area contributed by atoms with Crippen LogP contribution in [0.15, 0.2) is 119 Å². The maximum atomic E-state index is 14.0. The van der Waals surface area contributed by atoms with Gasteiger partial charge in [-0.25, -0.2) is 9.36 Å². The second kappa shape index (κ2) is 16.3. The van der Waals surface area contributed by atoms with Crippen LogP contribution in [0.1, 0.15) is 44.5 Å². The summed E-state index contributed by atoms with van der Waals surface area (Å²) in [7, 11) is -2.98. The standard InChI is InChI=1S/C39H45ClN2O7Si/c1-6-16-32-33(26-47-50(39(3,4)5,30-19-12-8-13-20-30)31-21-14-9-15-22-31)48-37(35(32)49-34(43)23-40)41-24-28(2)36(44)42(38(41)45)27-46-25-29-17-10-7-11-18-29/h6-15,17-22,24,32-33,35,37H,1,16,23,25-27H2,2-5H3/t32?,33-,35?,37?/m1/s1. The lowest BCUT2D eigenvalue weighted by atomic mass is 9.94. The minimum Gasteiger partial charge on any atom is -0.456 e. The molecule has 50 heavy (non-hydrogen) atoms. The van der Waals surface area contributed by atoms with E-state index in [4.69, 9.17) is 30.2 Å². The van der Waals surface area contributed by atoms with Gasteiger partial charge in [0.2, 0.25) is 0 Å². The highest BCUT2D eigenvalue weighted by molar-refractivity contribution is 6.99. The van der Waals surface area contributed by atoms with E-state index in [-0.39, 0.29) is 30.9 Å². The number of esters is 1. The van der Waals surface area contributed by atoms with Crippen LogP contribution in [-0.2, 0) is 36.8 Å². The molecule has 5 rings (SSSR count). The topological polar surface area (TPSA) is 98.0 Å². The maximum absolute atomic E-state index is 14.0. The Bertz CT molecular complexity index is 1820. The van der Waals surface area contributed by atoms with E-state index in [9.17, 15) is 14.4 Å². The van der Waals surface area contributed by atoms with Crippen molar-refractivity contribution in [2.24, 2.45) is 5.92 Å². The molecular weight excluding hydrogens is 672 g/mol. The number of halogens is 1. The summed E-state index contributed by atoms with van der Waals surface area (Å²) in [5.41, 5.74) is 0.0558. The molecule has 0 aliphatic carbocycles. The highest BCUT2D eigenvalue weighted by atomic mass is 35.5. The normalized spacial score (nSPS) is 19.3. The van der Waals surface area contributed by atoms with Crippen LogP contribution < -0.4 is 21.6 Å². The number of carbonyl (C=O) groups excluding carboxylic acids is 1. The molecule has 4 atom stereocenters. The smallest absolute Gasteiger partial charge is 0.335 e. The molecule has 0 radical (unpaired) electrons. The zero-order valence-corrected chi connectivity index (χ0v) is 30.8. The molecule has 0 N–H and O–H groups in total. The van der Waals surface area contributed by atoms with E-state index in [0.717, 1.165) is 20.5 Å². The number of hydrogen-bond acceptors (Lipinski definition) is 7. The number of nitrogens with zero attached hydrogens (tertiary/aromatic N) is 2. The molecule has 0 saturated carbocycles. The largest absolute Gasteiger partial charge is 0.456 e. The minimum absolute atomic E-state index is 0.144. The van der Waals surface area contributed by atoms with Crippen molar-refractivity contribution < 1.29 is 23.4 Å². The van der Waals surface area contributed by atoms with E-state index in [1.807, 2.05) is 66.7 Å². The van der Waals surface area contributed by atoms with Crippen LogP contribution in [0.2, 0.25) is 5.04 Å². The SMILES string of the molecule is C=CCC1C(OC(=O)CCl)C(n2cc(C)c(=O)n(COCc3ccccc3)c2=O)O[C@@H]1CO[Si](c1ccccc1)(c1ccccc1)C(C)(C)C. The third-order valence-electron chi connectivity index (χ3n) is 9.16. The fourth-order valence-electron chi connectivity index (χ4n) is 6.83. The lowest BCUT2D eigenvalue weighted by Crippen LogP contribution is -2.67. The average molecular weight is 717 g/mol. The van der Waals surface area contributed by atoms with Gasteiger partial charge in [-0.3, -0.25) is 14.2 Å². The fraction of sp³-hybridized carbons (Fsp3) is 0.359. The molecule has 1 aliphatic rings. The maximum Gasteiger partial charge on any atom is 0.335 e. The van der Waals surface area contributed by atoms with Gasteiger partial charge in [-0.2, -0.15) is 0 Å². The second-order valence-electron chi connectivity index (χ2n) is 13.5. The number of allylic oxidation sites excluding steroid dienone is 1. The first-order valence-electron chi connectivity index (χ1n) is 16.7. The van der Waals surface area contributed by atoms with Crippen LogP contribution in [0.4, 0.5) is 0 Å². The van der Waals surface area contributed by atoms with Crippen LogP contribution in [0.5, 0.6) is 0 Å². The van der Waals surface area contributed by atoms with E-state index in [2.05, 4.69) is 51.6 Å². The molecule has 2 heterocycles. The molecule has 11 heteroatoms. The predicted molar refractivity (Wildman–Crippen MR) is 197 cm³/mol. The van der Waals surface area contributed by atoms with Crippen LogP contribution in [0, 0.1) is 12.8 Å². The highest BCUT2D eigenvalue weighted by Gasteiger charge is 2.53. The molecule has 1 saturated heterocycles. The Balaban J connectivity index is 1.53. The zero-order valence-electron chi connectivity index (χ0n) is 29.0. The second-order valence-corrected chi connectivity index (χ2v) is 18.1. The third-order valence-corrected chi connectivity index (χ3v) is 14.4. The number of benzene rings is 3. The van der Waals surface area contributed by atoms with Crippen molar-refractivity contribution in [3.8, 4) is 0 Å². The van der Waals surface area contributed by atoms with Crippen molar-refractivity contribution in [2.75, 3.05) is 12.5 Å². The van der Waals surface area contributed by atoms with E-state index in [0.29, 0.717) is 12.0 Å². The molecule has 9 nitrogen and oxygen atoms in total. The third kappa shape index (κ3) is 7.80. The Labute approximate surface area is 299 Å². The first-order chi connectivity index (χ1) is 24.0. The molecule has 1 aliphatic heterocycles. The minimum atomic E-state index is -2.98. The van der Waals surface area contributed by atoms with Gasteiger partial charge in [0, 0.05) is 17.7 Å². The lowest BCUT2D eigenvalue weighted by Gasteiger charge is -2.43. The van der Waals surface area contributed by atoms with Gasteiger partial charge >= 0.3 is 11.7 Å². The summed E-state index contributed by atoms with van der Waals surface area (Å²) in [6.07, 6.45) is 0.960. The molecule has 0 amide bonds. The predicted octanol–water partition coefficient (Wildman–Crippen LogP) is 5.31. The number of aromatic nitrogens is 2. The molecule has 0 spiro atoms. The number of rotatable bonds is 14. The van der Waals surface area contributed by atoms with Crippen LogP contribution in [0.25, 0.3) is 0 Å². The summed E-state index contributed by atoms with van der Waals surface area (Å²) in [6, 6.07) is 30.0. The summed E-state index contributed by atoms with van der Waals surface area (Å²) in [4.78, 5) is 40.0. The molecule has 0 bridgehead atoms. The summed E-state index contributed by atoms with van der Waals surface area (Å²) < 4.78 is 28.0. The molecule has 3 unspecified atom stereocenters. The molecule has 4 aromatic rings. The number of ether oxygens (including phenoxy) is 3. The number of hydrogen-bond donors (Lipinski definition) is 0. The van der Waals surface area contributed by atoms with Crippen molar-refractivity contribution in [1.82, 2.24) is 9.13 Å². The highest BCUT2D eigenvalue weighted by Crippen LogP contribution is 2.41. The van der Waals surface area contributed by atoms with Crippen LogP contribution in [0.3, 0.4) is 0 Å². The average Bonchev–Trinajstić information content (AvgIpc) is 3.44. The van der Waals surface area contributed by atoms with Crippen molar-refractivity contribution in [3.63, 3.8) is 0 Å². The Hall–Kier alpha value is -4.06. The number of carbonyl (C=O) groups is 1. The Morgan fingerprint density at radius 3 is 2.08 bits per heavy atom. The van der Waals surface area contributed by atoms with Crippen molar-refractivity contribution in [2.45, 2.75) is 70.9 Å². The molecule has 1 aromatic heterocycles. The monoisotopic (exact) mass is 716 g/mol. The van der Waals surface area contributed by atoms with Gasteiger partial charge in [-0.1, -0.05) is 118 Å². The lowest BCUT2D eigenvalue weighted by molar-refractivity contribution is -0.153. The Morgan fingerprint density at radius 1 is 0.960 bits per heavy atom. The molecule has 1 fully saturated rings. The fourth-order valence-corrected chi connectivity index (χ4v) is 11.5. The first kappa shape index (κ1) is 37.2. The van der Waals surface area contributed by atoms with Crippen LogP contribution >= 0.6 is 11.6 Å². The number of aryl methyl sites for hydroxylation is 1. The Kier molecular flexibility index (Phi) is 12.1. The quantitative estimate of drug-likeness (QED) is 0.0756. The summed E-state index contributed by atoms with van der Waals surface area (Å²) in [5.74, 6) is -1.48. The van der Waals surface area contributed by atoms with Gasteiger partial charge in [0.1, 0.15) is 12.6 Å². The van der Waals surface area contributed by atoms with Gasteiger partial charge in [0.15, 0.2) is 12.3 Å². The first-order valence-corrected chi connectivity index (χ1v) is 19.2. The molecular formula is C39H45ClN2O7Si. The van der Waals surface area contributed by atoms with Crippen molar-refractivity contribution in [3.05, 3.63) is 142 Å². The van der Waals surface area contributed by atoms with E-state index in [1.54, 1.807) is 13.0 Å². The van der Waals surface area contributed by atoms with Gasteiger partial charge < -0.3 is 18.6 Å². The summed E-state index contributed by atoms with van der Waals surface area (Å²) in [5, 5.41) is 1.91. The van der Waals surface area contributed by atoms with Gasteiger partial charge in [-0.15, -0.1) is 18.2 Å². The van der Waals surface area contributed by atoms with Crippen molar-refractivity contribution in [1.29, 1.82) is 0 Å². The van der Waals surface area contributed by atoms with Crippen molar-refractivity contribution >= 4 is 36.3 Å². The number of alkyl halides is 1. The van der Waals surface area contributed by atoms with E-state index >= 15 is 0 Å². The molecule has 264 valence electrons. The van der Waals surface area contributed by atoms with E-state index in [1.165, 1.54) is 10.8 Å².